The summed E-state index contributed by atoms with van der Waals surface area (Å²) in [7, 11) is 0. The highest BCUT2D eigenvalue weighted by atomic mass is 35.5. The van der Waals surface area contributed by atoms with Crippen LogP contribution < -0.4 is 5.32 Å². The Bertz CT molecular complexity index is 785. The molecule has 2 aromatic rings. The lowest BCUT2D eigenvalue weighted by Gasteiger charge is -2.15. The topological polar surface area (TPSA) is 55.4 Å². The molecule has 0 saturated carbocycles. The van der Waals surface area contributed by atoms with E-state index in [0.717, 1.165) is 17.3 Å². The predicted molar refractivity (Wildman–Crippen MR) is 97.5 cm³/mol. The number of amides is 1. The van der Waals surface area contributed by atoms with Gasteiger partial charge >= 0.3 is 5.97 Å². The SMILES string of the molecule is Cc1c(Cl)cccc1NC(=O)[C@H](C)OC(=O)CSc1ccccc1F. The van der Waals surface area contributed by atoms with Crippen LogP contribution in [-0.4, -0.2) is 23.7 Å². The van der Waals surface area contributed by atoms with E-state index in [-0.39, 0.29) is 5.75 Å². The average Bonchev–Trinajstić information content (AvgIpc) is 2.58. The van der Waals surface area contributed by atoms with E-state index < -0.39 is 23.8 Å². The fourth-order valence-corrected chi connectivity index (χ4v) is 2.86. The molecular formula is C18H17ClFNO3S. The molecule has 0 heterocycles. The Balaban J connectivity index is 1.87. The van der Waals surface area contributed by atoms with Gasteiger partial charge in [0.1, 0.15) is 5.82 Å². The van der Waals surface area contributed by atoms with Crippen molar-refractivity contribution in [2.45, 2.75) is 24.8 Å². The lowest BCUT2D eigenvalue weighted by Crippen LogP contribution is -2.30. The van der Waals surface area contributed by atoms with E-state index >= 15 is 0 Å². The number of hydrogen-bond acceptors (Lipinski definition) is 4. The molecule has 7 heteroatoms. The molecule has 2 aromatic carbocycles. The lowest BCUT2D eigenvalue weighted by molar-refractivity contribution is -0.150. The van der Waals surface area contributed by atoms with Gasteiger partial charge in [0.2, 0.25) is 0 Å². The van der Waals surface area contributed by atoms with Crippen LogP contribution in [0.15, 0.2) is 47.4 Å². The van der Waals surface area contributed by atoms with Crippen molar-refractivity contribution >= 4 is 40.9 Å². The summed E-state index contributed by atoms with van der Waals surface area (Å²) in [6.07, 6.45) is -0.980. The number of ether oxygens (including phenoxy) is 1. The number of rotatable bonds is 6. The Labute approximate surface area is 154 Å². The zero-order chi connectivity index (χ0) is 18.4. The molecule has 0 spiro atoms. The van der Waals surface area contributed by atoms with E-state index in [1.807, 2.05) is 0 Å². The van der Waals surface area contributed by atoms with Crippen LogP contribution >= 0.6 is 23.4 Å². The summed E-state index contributed by atoms with van der Waals surface area (Å²) in [5.41, 5.74) is 1.28. The third-order valence-electron chi connectivity index (χ3n) is 3.39. The van der Waals surface area contributed by atoms with Gasteiger partial charge in [-0.1, -0.05) is 29.8 Å². The predicted octanol–water partition coefficient (Wildman–Crippen LogP) is 4.45. The molecule has 0 saturated heterocycles. The number of benzene rings is 2. The molecule has 0 aliphatic carbocycles. The molecule has 0 fully saturated rings. The second-order valence-corrected chi connectivity index (χ2v) is 6.68. The van der Waals surface area contributed by atoms with Gasteiger partial charge in [-0.2, -0.15) is 0 Å². The number of halogens is 2. The fourth-order valence-electron chi connectivity index (χ4n) is 1.96. The first-order valence-corrected chi connectivity index (χ1v) is 8.87. The van der Waals surface area contributed by atoms with E-state index in [1.165, 1.54) is 13.0 Å². The largest absolute Gasteiger partial charge is 0.452 e. The first-order chi connectivity index (χ1) is 11.9. The first kappa shape index (κ1) is 19.3. The number of carbonyl (C=O) groups excluding carboxylic acids is 2. The maximum atomic E-state index is 13.5. The number of hydrogen-bond donors (Lipinski definition) is 1. The highest BCUT2D eigenvalue weighted by Crippen LogP contribution is 2.23. The van der Waals surface area contributed by atoms with Crippen LogP contribution in [0.3, 0.4) is 0 Å². The normalized spacial score (nSPS) is 11.7. The van der Waals surface area contributed by atoms with Gasteiger partial charge in [0, 0.05) is 15.6 Å². The zero-order valence-electron chi connectivity index (χ0n) is 13.7. The molecule has 0 radical (unpaired) electrons. The van der Waals surface area contributed by atoms with Crippen LogP contribution in [0.1, 0.15) is 12.5 Å². The first-order valence-electron chi connectivity index (χ1n) is 7.51. The zero-order valence-corrected chi connectivity index (χ0v) is 15.3. The van der Waals surface area contributed by atoms with Crippen LogP contribution in [0, 0.1) is 12.7 Å². The minimum atomic E-state index is -0.980. The summed E-state index contributed by atoms with van der Waals surface area (Å²) in [5, 5.41) is 3.20. The Morgan fingerprint density at radius 3 is 2.68 bits per heavy atom. The van der Waals surface area contributed by atoms with Crippen molar-refractivity contribution in [3.63, 3.8) is 0 Å². The second-order valence-electron chi connectivity index (χ2n) is 5.25. The summed E-state index contributed by atoms with van der Waals surface area (Å²) in [4.78, 5) is 24.3. The quantitative estimate of drug-likeness (QED) is 0.593. The van der Waals surface area contributed by atoms with Crippen molar-refractivity contribution in [1.29, 1.82) is 0 Å². The number of esters is 1. The monoisotopic (exact) mass is 381 g/mol. The Morgan fingerprint density at radius 1 is 1.24 bits per heavy atom. The van der Waals surface area contributed by atoms with Gasteiger partial charge in [-0.05, 0) is 43.7 Å². The van der Waals surface area contributed by atoms with Gasteiger partial charge in [-0.25, -0.2) is 4.39 Å². The Morgan fingerprint density at radius 2 is 1.96 bits per heavy atom. The van der Waals surface area contributed by atoms with Crippen LogP contribution in [0.4, 0.5) is 10.1 Å². The van der Waals surface area contributed by atoms with E-state index in [1.54, 1.807) is 43.3 Å². The summed E-state index contributed by atoms with van der Waals surface area (Å²) in [6, 6.07) is 11.3. The second kappa shape index (κ2) is 8.87. The summed E-state index contributed by atoms with van der Waals surface area (Å²) < 4.78 is 18.6. The van der Waals surface area contributed by atoms with E-state index in [4.69, 9.17) is 16.3 Å². The van der Waals surface area contributed by atoms with E-state index in [9.17, 15) is 14.0 Å². The van der Waals surface area contributed by atoms with Gasteiger partial charge in [-0.15, -0.1) is 11.8 Å². The molecule has 0 aromatic heterocycles. The van der Waals surface area contributed by atoms with Gasteiger partial charge in [-0.3, -0.25) is 9.59 Å². The molecule has 2 rings (SSSR count). The number of nitrogens with one attached hydrogen (secondary N) is 1. The van der Waals surface area contributed by atoms with Crippen LogP contribution in [-0.2, 0) is 14.3 Å². The maximum absolute atomic E-state index is 13.5. The number of carbonyl (C=O) groups is 2. The molecular weight excluding hydrogens is 365 g/mol. The molecule has 1 N–H and O–H groups in total. The highest BCUT2D eigenvalue weighted by Gasteiger charge is 2.19. The molecule has 0 aliphatic rings. The van der Waals surface area contributed by atoms with Crippen molar-refractivity contribution in [2.24, 2.45) is 0 Å². The summed E-state index contributed by atoms with van der Waals surface area (Å²) in [6.45, 7) is 3.25. The number of anilines is 1. The smallest absolute Gasteiger partial charge is 0.317 e. The Kier molecular flexibility index (Phi) is 6.84. The molecule has 0 aliphatic heterocycles. The summed E-state index contributed by atoms with van der Waals surface area (Å²) in [5.74, 6) is -1.55. The van der Waals surface area contributed by atoms with E-state index in [2.05, 4.69) is 5.32 Å². The molecule has 25 heavy (non-hydrogen) atoms. The van der Waals surface area contributed by atoms with Crippen molar-refractivity contribution in [2.75, 3.05) is 11.1 Å². The Hall–Kier alpha value is -2.05. The van der Waals surface area contributed by atoms with Crippen LogP contribution in [0.2, 0.25) is 5.02 Å². The molecule has 0 unspecified atom stereocenters. The van der Waals surface area contributed by atoms with Crippen molar-refractivity contribution in [3.05, 3.63) is 58.9 Å². The highest BCUT2D eigenvalue weighted by molar-refractivity contribution is 8.00. The third kappa shape index (κ3) is 5.47. The molecule has 1 atom stereocenters. The molecule has 0 bridgehead atoms. The van der Waals surface area contributed by atoms with Gasteiger partial charge in [0.05, 0.1) is 5.75 Å². The van der Waals surface area contributed by atoms with Gasteiger partial charge < -0.3 is 10.1 Å². The van der Waals surface area contributed by atoms with Gasteiger partial charge in [0.15, 0.2) is 6.10 Å². The third-order valence-corrected chi connectivity index (χ3v) is 4.82. The van der Waals surface area contributed by atoms with Crippen molar-refractivity contribution in [3.8, 4) is 0 Å². The lowest BCUT2D eigenvalue weighted by atomic mass is 10.2. The fraction of sp³-hybridized carbons (Fsp3) is 0.222. The number of thioether (sulfide) groups is 1. The maximum Gasteiger partial charge on any atom is 0.317 e. The average molecular weight is 382 g/mol. The molecule has 132 valence electrons. The van der Waals surface area contributed by atoms with Crippen molar-refractivity contribution < 1.29 is 18.7 Å². The minimum absolute atomic E-state index is 0.0885. The van der Waals surface area contributed by atoms with Crippen LogP contribution in [0.5, 0.6) is 0 Å². The van der Waals surface area contributed by atoms with Crippen molar-refractivity contribution in [1.82, 2.24) is 0 Å². The minimum Gasteiger partial charge on any atom is -0.452 e. The standard InChI is InChI=1S/C18H17ClFNO3S/c1-11-13(19)6-5-8-15(11)21-18(23)12(2)24-17(22)10-25-16-9-4-3-7-14(16)20/h3-9,12H,10H2,1-2H3,(H,21,23)/t12-/m0/s1. The van der Waals surface area contributed by atoms with Crippen LogP contribution in [0.25, 0.3) is 0 Å². The van der Waals surface area contributed by atoms with Gasteiger partial charge in [0.25, 0.3) is 5.91 Å². The van der Waals surface area contributed by atoms with E-state index in [0.29, 0.717) is 15.6 Å². The molecule has 4 nitrogen and oxygen atoms in total. The summed E-state index contributed by atoms with van der Waals surface area (Å²) >= 11 is 7.02. The molecule has 1 amide bonds.